The summed E-state index contributed by atoms with van der Waals surface area (Å²) in [6.45, 7) is 17.8. The van der Waals surface area contributed by atoms with Crippen LogP contribution >= 0.6 is 22.7 Å². The molecule has 0 fully saturated rings. The molecule has 1 N–H and O–H groups in total. The van der Waals surface area contributed by atoms with Crippen molar-refractivity contribution in [1.82, 2.24) is 29.5 Å². The summed E-state index contributed by atoms with van der Waals surface area (Å²) in [7, 11) is -2.29. The number of nitrogens with zero attached hydrogens (tertiary/aromatic N) is 6. The Balaban J connectivity index is 0.000000202. The molecule has 0 aliphatic rings. The van der Waals surface area contributed by atoms with Gasteiger partial charge in [0.05, 0.1) is 27.0 Å². The van der Waals surface area contributed by atoms with Crippen molar-refractivity contribution >= 4 is 71.2 Å². The predicted octanol–water partition coefficient (Wildman–Crippen LogP) is 8.82. The normalized spacial score (nSPS) is 11.9. The first-order chi connectivity index (χ1) is 24.7. The number of ether oxygens (including phenoxy) is 3. The van der Waals surface area contributed by atoms with Crippen molar-refractivity contribution in [3.63, 3.8) is 0 Å². The fraction of sp³-hybridized carbons (Fsp3) is 0.389. The van der Waals surface area contributed by atoms with Crippen LogP contribution in [0, 0.1) is 0 Å². The highest BCUT2D eigenvalue weighted by Gasteiger charge is 2.23. The summed E-state index contributed by atoms with van der Waals surface area (Å²) in [4.78, 5) is 33.1. The maximum absolute atomic E-state index is 12.4. The molecule has 0 unspecified atom stereocenters. The van der Waals surface area contributed by atoms with Gasteiger partial charge in [-0.2, -0.15) is 10.2 Å². The Morgan fingerprint density at radius 1 is 0.712 bits per heavy atom. The van der Waals surface area contributed by atoms with Crippen molar-refractivity contribution in [2.75, 3.05) is 19.8 Å². The molecular formula is C36H46N6O6S2Si2. The molecule has 0 radical (unpaired) electrons. The van der Waals surface area contributed by atoms with E-state index in [-0.39, 0.29) is 18.3 Å². The number of aromatic nitrogens is 6. The number of hydrogen-bond donors (Lipinski definition) is 1. The number of para-hydroxylation sites is 2. The number of hydrogen-bond acceptors (Lipinski definition) is 11. The monoisotopic (exact) mass is 778 g/mol. The Kier molecular flexibility index (Phi) is 12.9. The third-order valence-electron chi connectivity index (χ3n) is 7.68. The molecule has 0 saturated carbocycles. The number of fused-ring (bicyclic) bond motifs is 2. The first-order valence-corrected chi connectivity index (χ1v) is 26.2. The van der Waals surface area contributed by atoms with Gasteiger partial charge in [0.25, 0.3) is 0 Å². The van der Waals surface area contributed by atoms with Crippen LogP contribution in [0.15, 0.2) is 60.9 Å². The average Bonchev–Trinajstić information content (AvgIpc) is 3.88. The zero-order valence-electron chi connectivity index (χ0n) is 30.7. The minimum absolute atomic E-state index is 0.146. The van der Waals surface area contributed by atoms with Crippen LogP contribution in [0.2, 0.25) is 51.4 Å². The maximum Gasteiger partial charge on any atom is 0.342 e. The lowest BCUT2D eigenvalue weighted by atomic mass is 10.2. The van der Waals surface area contributed by atoms with E-state index in [1.54, 1.807) is 17.8 Å². The minimum atomic E-state index is -1.15. The minimum Gasteiger partial charge on any atom is -0.478 e. The van der Waals surface area contributed by atoms with E-state index in [0.29, 0.717) is 53.5 Å². The Morgan fingerprint density at radius 3 is 1.58 bits per heavy atom. The van der Waals surface area contributed by atoms with Gasteiger partial charge in [-0.25, -0.2) is 28.9 Å². The number of carboxylic acids is 1. The molecule has 2 aromatic carbocycles. The van der Waals surface area contributed by atoms with Crippen molar-refractivity contribution in [1.29, 1.82) is 0 Å². The van der Waals surface area contributed by atoms with Gasteiger partial charge in [0.2, 0.25) is 0 Å². The number of rotatable bonds is 15. The first kappa shape index (κ1) is 39.1. The quantitative estimate of drug-likeness (QED) is 0.0610. The summed E-state index contributed by atoms with van der Waals surface area (Å²) < 4.78 is 21.9. The maximum atomic E-state index is 12.4. The van der Waals surface area contributed by atoms with Gasteiger partial charge < -0.3 is 19.3 Å². The molecule has 6 aromatic rings. The van der Waals surface area contributed by atoms with E-state index in [4.69, 9.17) is 14.2 Å². The van der Waals surface area contributed by atoms with Crippen molar-refractivity contribution in [2.24, 2.45) is 0 Å². The lowest BCUT2D eigenvalue weighted by molar-refractivity contribution is 0.0525. The molecule has 4 aromatic heterocycles. The highest BCUT2D eigenvalue weighted by atomic mass is 32.1. The van der Waals surface area contributed by atoms with E-state index in [1.807, 2.05) is 48.5 Å². The lowest BCUT2D eigenvalue weighted by Gasteiger charge is -2.15. The summed E-state index contributed by atoms with van der Waals surface area (Å²) in [5.41, 5.74) is 3.25. The predicted molar refractivity (Wildman–Crippen MR) is 213 cm³/mol. The zero-order chi connectivity index (χ0) is 37.5. The molecule has 16 heteroatoms. The number of thiazole rings is 2. The van der Waals surface area contributed by atoms with Crippen molar-refractivity contribution in [2.45, 2.75) is 71.8 Å². The van der Waals surface area contributed by atoms with Crippen molar-refractivity contribution < 1.29 is 28.9 Å². The first-order valence-electron chi connectivity index (χ1n) is 17.1. The fourth-order valence-electron chi connectivity index (χ4n) is 4.83. The van der Waals surface area contributed by atoms with Gasteiger partial charge >= 0.3 is 11.9 Å². The smallest absolute Gasteiger partial charge is 0.342 e. The molecule has 0 saturated heterocycles. The van der Waals surface area contributed by atoms with Gasteiger partial charge in [-0.1, -0.05) is 63.5 Å². The third kappa shape index (κ3) is 10.7. The summed E-state index contributed by atoms with van der Waals surface area (Å²) >= 11 is 2.96. The van der Waals surface area contributed by atoms with E-state index < -0.39 is 22.1 Å². The number of carbonyl (C=O) groups excluding carboxylic acids is 1. The fourth-order valence-corrected chi connectivity index (χ4v) is 8.27. The Morgan fingerprint density at radius 2 is 1.15 bits per heavy atom. The van der Waals surface area contributed by atoms with Crippen LogP contribution in [-0.2, 0) is 27.7 Å². The van der Waals surface area contributed by atoms with Gasteiger partial charge in [-0.15, -0.1) is 22.7 Å². The molecule has 6 rings (SSSR count). The van der Waals surface area contributed by atoms with Gasteiger partial charge in [-0.05, 0) is 43.3 Å². The molecule has 0 aliphatic carbocycles. The molecule has 4 heterocycles. The van der Waals surface area contributed by atoms with Gasteiger partial charge in [-0.3, -0.25) is 0 Å². The summed E-state index contributed by atoms with van der Waals surface area (Å²) in [6, 6.07) is 17.8. The topological polar surface area (TPSA) is 143 Å². The van der Waals surface area contributed by atoms with E-state index in [2.05, 4.69) is 59.4 Å². The number of aromatic carboxylic acids is 1. The molecule has 276 valence electrons. The number of carbonyl (C=O) groups is 2. The second-order valence-corrected chi connectivity index (χ2v) is 27.9. The SMILES string of the molecule is CCOC(=O)c1cn(COCC[Si](C)(C)C)nc1-c1nc2ccccc2s1.C[Si](C)(C)CCOCn1cc(C(=O)O)c(-c2nc3ccccc3s2)n1. The van der Waals surface area contributed by atoms with E-state index in [1.165, 1.54) is 33.6 Å². The van der Waals surface area contributed by atoms with Crippen LogP contribution in [0.5, 0.6) is 0 Å². The lowest BCUT2D eigenvalue weighted by Crippen LogP contribution is -2.22. The summed E-state index contributed by atoms with van der Waals surface area (Å²) in [6.07, 6.45) is 3.20. The van der Waals surface area contributed by atoms with E-state index >= 15 is 0 Å². The van der Waals surface area contributed by atoms with Crippen LogP contribution in [-0.4, -0.2) is 82.5 Å². The molecule has 0 atom stereocenters. The molecule has 0 spiro atoms. The second kappa shape index (κ2) is 17.2. The van der Waals surface area contributed by atoms with E-state index in [0.717, 1.165) is 32.5 Å². The van der Waals surface area contributed by atoms with Gasteiger partial charge in [0, 0.05) is 41.8 Å². The molecule has 12 nitrogen and oxygen atoms in total. The summed E-state index contributed by atoms with van der Waals surface area (Å²) in [5.74, 6) is -1.40. The summed E-state index contributed by atoms with van der Waals surface area (Å²) in [5, 5.41) is 19.8. The molecular weight excluding hydrogens is 733 g/mol. The van der Waals surface area contributed by atoms with Crippen LogP contribution in [0.1, 0.15) is 27.6 Å². The van der Waals surface area contributed by atoms with Crippen LogP contribution in [0.25, 0.3) is 41.8 Å². The van der Waals surface area contributed by atoms with Crippen molar-refractivity contribution in [3.05, 3.63) is 72.1 Å². The number of esters is 1. The Bertz CT molecular complexity index is 2060. The third-order valence-corrected chi connectivity index (χ3v) is 13.2. The van der Waals surface area contributed by atoms with Crippen molar-refractivity contribution in [3.8, 4) is 21.4 Å². The van der Waals surface area contributed by atoms with Gasteiger partial charge in [0.1, 0.15) is 46.0 Å². The molecule has 0 bridgehead atoms. The largest absolute Gasteiger partial charge is 0.478 e. The van der Waals surface area contributed by atoms with Crippen LogP contribution in [0.4, 0.5) is 0 Å². The van der Waals surface area contributed by atoms with Crippen LogP contribution in [0.3, 0.4) is 0 Å². The van der Waals surface area contributed by atoms with Crippen LogP contribution < -0.4 is 0 Å². The number of benzene rings is 2. The molecule has 0 aliphatic heterocycles. The van der Waals surface area contributed by atoms with E-state index in [9.17, 15) is 14.7 Å². The Labute approximate surface area is 313 Å². The molecule has 0 amide bonds. The standard InChI is InChI=1S/C19H25N3O3SSi.C17H21N3O3SSi/c1-5-25-19(23)14-12-22(13-24-10-11-27(2,3)4)21-17(14)18-20-15-8-6-7-9-16(15)26-18;1-25(2,3)9-8-23-11-20-10-12(17(21)22)15(19-20)16-18-13-6-4-5-7-14(13)24-16/h6-9,12H,5,10-11,13H2,1-4H3;4-7,10H,8-9,11H2,1-3H3,(H,21,22). The zero-order valence-corrected chi connectivity index (χ0v) is 34.3. The highest BCUT2D eigenvalue weighted by Crippen LogP contribution is 2.32. The second-order valence-electron chi connectivity index (χ2n) is 14.6. The van der Waals surface area contributed by atoms with Gasteiger partial charge in [0.15, 0.2) is 0 Å². The Hall–Kier alpha value is -4.07. The highest BCUT2D eigenvalue weighted by molar-refractivity contribution is 7.22. The number of carboxylic acid groups (broad SMARTS) is 1. The molecule has 52 heavy (non-hydrogen) atoms. The average molecular weight is 779 g/mol.